The molecule has 0 heterocycles. The van der Waals surface area contributed by atoms with Crippen molar-refractivity contribution < 1.29 is 14.5 Å². The van der Waals surface area contributed by atoms with Crippen molar-refractivity contribution in [3.63, 3.8) is 0 Å². The van der Waals surface area contributed by atoms with Crippen molar-refractivity contribution in [2.45, 2.75) is 0 Å². The number of rotatable bonds is 6. The first kappa shape index (κ1) is 19.6. The number of carbonyl (C=O) groups is 1. The summed E-state index contributed by atoms with van der Waals surface area (Å²) in [6.45, 7) is 0.421. The predicted octanol–water partition coefficient (Wildman–Crippen LogP) is 3.96. The highest BCUT2D eigenvalue weighted by Gasteiger charge is 2.02. The average molecular weight is 386 g/mol. The van der Waals surface area contributed by atoms with Gasteiger partial charge in [0.25, 0.3) is 5.69 Å². The standard InChI is InChI=1S/C23H18N2O4/c26-23(15-12-18-10-13-20(14-11-18)25(27)28)24-16-3-4-17-29-22-9-5-7-19-6-1-2-8-21(19)22/h1-2,5-15H,16-17H2,(H,24,26)/b15-12+. The minimum absolute atomic E-state index is 0.00703. The number of benzene rings is 3. The third kappa shape index (κ3) is 5.68. The third-order valence-electron chi connectivity index (χ3n) is 4.06. The van der Waals surface area contributed by atoms with E-state index in [1.54, 1.807) is 18.2 Å². The summed E-state index contributed by atoms with van der Waals surface area (Å²) >= 11 is 0. The first-order valence-corrected chi connectivity index (χ1v) is 8.90. The smallest absolute Gasteiger partial charge is 0.269 e. The van der Waals surface area contributed by atoms with E-state index >= 15 is 0 Å². The van der Waals surface area contributed by atoms with Crippen LogP contribution in [0.2, 0.25) is 0 Å². The molecule has 0 spiro atoms. The number of hydrogen-bond acceptors (Lipinski definition) is 4. The van der Waals surface area contributed by atoms with Gasteiger partial charge in [0.2, 0.25) is 5.91 Å². The minimum atomic E-state index is -0.469. The maximum atomic E-state index is 11.8. The summed E-state index contributed by atoms with van der Waals surface area (Å²) in [5.74, 6) is 6.18. The predicted molar refractivity (Wildman–Crippen MR) is 112 cm³/mol. The van der Waals surface area contributed by atoms with E-state index in [0.717, 1.165) is 16.5 Å². The van der Waals surface area contributed by atoms with Gasteiger partial charge in [0.15, 0.2) is 0 Å². The second-order valence-electron chi connectivity index (χ2n) is 6.02. The van der Waals surface area contributed by atoms with Crippen LogP contribution in [0.1, 0.15) is 5.56 Å². The van der Waals surface area contributed by atoms with Crippen LogP contribution in [0.15, 0.2) is 72.8 Å². The molecule has 0 saturated heterocycles. The number of fused-ring (bicyclic) bond motifs is 1. The molecule has 29 heavy (non-hydrogen) atoms. The topological polar surface area (TPSA) is 81.5 Å². The Bertz CT molecular complexity index is 1100. The van der Waals surface area contributed by atoms with E-state index in [-0.39, 0.29) is 24.7 Å². The molecule has 144 valence electrons. The highest BCUT2D eigenvalue weighted by atomic mass is 16.6. The van der Waals surface area contributed by atoms with Gasteiger partial charge >= 0.3 is 0 Å². The molecule has 0 fully saturated rings. The van der Waals surface area contributed by atoms with Crippen molar-refractivity contribution in [2.75, 3.05) is 13.2 Å². The molecule has 0 atom stereocenters. The highest BCUT2D eigenvalue weighted by Crippen LogP contribution is 2.24. The monoisotopic (exact) mass is 386 g/mol. The van der Waals surface area contributed by atoms with Crippen LogP contribution < -0.4 is 10.1 Å². The van der Waals surface area contributed by atoms with Gasteiger partial charge in [-0.05, 0) is 35.2 Å². The second kappa shape index (κ2) is 9.72. The average Bonchev–Trinajstić information content (AvgIpc) is 2.75. The van der Waals surface area contributed by atoms with Crippen molar-refractivity contribution >= 4 is 28.4 Å². The Kier molecular flexibility index (Phi) is 6.58. The summed E-state index contributed by atoms with van der Waals surface area (Å²) < 4.78 is 5.71. The lowest BCUT2D eigenvalue weighted by atomic mass is 10.1. The van der Waals surface area contributed by atoms with E-state index in [2.05, 4.69) is 17.2 Å². The third-order valence-corrected chi connectivity index (χ3v) is 4.06. The molecule has 0 unspecified atom stereocenters. The SMILES string of the molecule is O=C(/C=C/c1ccc([N+](=O)[O-])cc1)NCC#CCOc1cccc2ccccc12. The lowest BCUT2D eigenvalue weighted by molar-refractivity contribution is -0.384. The summed E-state index contributed by atoms with van der Waals surface area (Å²) in [5.41, 5.74) is 0.702. The summed E-state index contributed by atoms with van der Waals surface area (Å²) in [5, 5.41) is 15.4. The lowest BCUT2D eigenvalue weighted by Crippen LogP contribution is -2.21. The van der Waals surface area contributed by atoms with E-state index < -0.39 is 4.92 Å². The van der Waals surface area contributed by atoms with Crippen molar-refractivity contribution in [3.05, 3.63) is 88.5 Å². The van der Waals surface area contributed by atoms with E-state index in [1.165, 1.54) is 18.2 Å². The number of nitrogens with one attached hydrogen (secondary N) is 1. The normalized spacial score (nSPS) is 10.3. The van der Waals surface area contributed by atoms with E-state index in [1.807, 2.05) is 42.5 Å². The molecule has 6 nitrogen and oxygen atoms in total. The largest absolute Gasteiger partial charge is 0.480 e. The van der Waals surface area contributed by atoms with Gasteiger partial charge in [-0.1, -0.05) is 48.2 Å². The Balaban J connectivity index is 1.43. The quantitative estimate of drug-likeness (QED) is 0.301. The summed E-state index contributed by atoms with van der Waals surface area (Å²) in [6.07, 6.45) is 2.94. The van der Waals surface area contributed by atoms with Gasteiger partial charge in [-0.2, -0.15) is 0 Å². The maximum absolute atomic E-state index is 11.8. The lowest BCUT2D eigenvalue weighted by Gasteiger charge is -2.06. The molecule has 1 amide bonds. The van der Waals surface area contributed by atoms with Gasteiger partial charge in [0.1, 0.15) is 12.4 Å². The van der Waals surface area contributed by atoms with Crippen molar-refractivity contribution in [1.29, 1.82) is 0 Å². The number of ether oxygens (including phenoxy) is 1. The highest BCUT2D eigenvalue weighted by molar-refractivity contribution is 5.91. The molecule has 6 heteroatoms. The van der Waals surface area contributed by atoms with Crippen molar-refractivity contribution in [3.8, 4) is 17.6 Å². The maximum Gasteiger partial charge on any atom is 0.269 e. The molecule has 3 aromatic rings. The fourth-order valence-corrected chi connectivity index (χ4v) is 2.62. The Hall–Kier alpha value is -4.11. The Labute approximate surface area is 168 Å². The molecule has 0 aliphatic carbocycles. The fourth-order valence-electron chi connectivity index (χ4n) is 2.62. The number of nitro benzene ring substituents is 1. The van der Waals surface area contributed by atoms with Crippen LogP contribution in [0.25, 0.3) is 16.8 Å². The zero-order valence-electron chi connectivity index (χ0n) is 15.5. The number of nitrogens with zero attached hydrogens (tertiary/aromatic N) is 1. The number of hydrogen-bond donors (Lipinski definition) is 1. The van der Waals surface area contributed by atoms with E-state index in [9.17, 15) is 14.9 Å². The van der Waals surface area contributed by atoms with Crippen LogP contribution in [0, 0.1) is 22.0 Å². The molecule has 0 aliphatic heterocycles. The Morgan fingerprint density at radius 1 is 1.03 bits per heavy atom. The van der Waals surface area contributed by atoms with Crippen LogP contribution in [0.5, 0.6) is 5.75 Å². The summed E-state index contributed by atoms with van der Waals surface area (Å²) in [6, 6.07) is 19.7. The number of nitro groups is 1. The number of non-ortho nitro benzene ring substituents is 1. The van der Waals surface area contributed by atoms with Crippen LogP contribution in [0.3, 0.4) is 0 Å². The Morgan fingerprint density at radius 3 is 2.59 bits per heavy atom. The zero-order chi connectivity index (χ0) is 20.5. The van der Waals surface area contributed by atoms with Gasteiger partial charge in [0.05, 0.1) is 11.5 Å². The van der Waals surface area contributed by atoms with Crippen molar-refractivity contribution in [2.24, 2.45) is 0 Å². The molecular weight excluding hydrogens is 368 g/mol. The molecule has 3 aromatic carbocycles. The molecule has 1 N–H and O–H groups in total. The van der Waals surface area contributed by atoms with Gasteiger partial charge in [-0.15, -0.1) is 0 Å². The van der Waals surface area contributed by atoms with E-state index in [4.69, 9.17) is 4.74 Å². The second-order valence-corrected chi connectivity index (χ2v) is 6.02. The zero-order valence-corrected chi connectivity index (χ0v) is 15.5. The molecule has 0 saturated carbocycles. The molecule has 0 bridgehead atoms. The van der Waals surface area contributed by atoms with Gasteiger partial charge in [-0.25, -0.2) is 0 Å². The fraction of sp³-hybridized carbons (Fsp3) is 0.0870. The van der Waals surface area contributed by atoms with Crippen LogP contribution >= 0.6 is 0 Å². The molecule has 0 radical (unpaired) electrons. The summed E-state index contributed by atoms with van der Waals surface area (Å²) in [4.78, 5) is 21.9. The Morgan fingerprint density at radius 2 is 1.79 bits per heavy atom. The molecular formula is C23H18N2O4. The van der Waals surface area contributed by atoms with Crippen LogP contribution in [-0.4, -0.2) is 24.0 Å². The summed E-state index contributed by atoms with van der Waals surface area (Å²) in [7, 11) is 0. The van der Waals surface area contributed by atoms with Gasteiger partial charge < -0.3 is 10.1 Å². The number of amides is 1. The van der Waals surface area contributed by atoms with Gasteiger partial charge in [-0.3, -0.25) is 14.9 Å². The first-order chi connectivity index (χ1) is 14.1. The first-order valence-electron chi connectivity index (χ1n) is 8.90. The van der Waals surface area contributed by atoms with Crippen molar-refractivity contribution in [1.82, 2.24) is 5.32 Å². The van der Waals surface area contributed by atoms with Crippen LogP contribution in [-0.2, 0) is 4.79 Å². The minimum Gasteiger partial charge on any atom is -0.480 e. The molecule has 0 aliphatic rings. The van der Waals surface area contributed by atoms with Gasteiger partial charge in [0, 0.05) is 23.6 Å². The molecule has 3 rings (SSSR count). The number of carbonyl (C=O) groups excluding carboxylic acids is 1. The van der Waals surface area contributed by atoms with Crippen LogP contribution in [0.4, 0.5) is 5.69 Å². The molecule has 0 aromatic heterocycles. The van der Waals surface area contributed by atoms with E-state index in [0.29, 0.717) is 5.56 Å².